The van der Waals surface area contributed by atoms with Crippen molar-refractivity contribution >= 4 is 63.3 Å². The fourth-order valence-corrected chi connectivity index (χ4v) is 4.26. The minimum Gasteiger partial charge on any atom is -0.480 e. The van der Waals surface area contributed by atoms with Crippen molar-refractivity contribution in [1.82, 2.24) is 4.90 Å². The Balaban J connectivity index is 2.12. The number of carboxylic acids is 2. The molecule has 1 aromatic rings. The summed E-state index contributed by atoms with van der Waals surface area (Å²) in [5, 5.41) is 18.2. The lowest BCUT2D eigenvalue weighted by Crippen LogP contribution is -2.41. The number of benzene rings is 1. The summed E-state index contributed by atoms with van der Waals surface area (Å²) >= 11 is 5.96. The molecule has 1 fully saturated rings. The molecule has 3 rings (SSSR count). The first-order chi connectivity index (χ1) is 12.2. The Morgan fingerprint density at radius 2 is 1.85 bits per heavy atom. The summed E-state index contributed by atoms with van der Waals surface area (Å²) in [6, 6.07) is 5.34. The molecule has 134 valence electrons. The third kappa shape index (κ3) is 2.76. The fraction of sp³-hybridized carbons (Fsp3) is 0.188. The number of fused-ring (bicyclic) bond motifs is 1. The van der Waals surface area contributed by atoms with Crippen LogP contribution in [0.5, 0.6) is 0 Å². The predicted octanol–water partition coefficient (Wildman–Crippen LogP) is 1.16. The van der Waals surface area contributed by atoms with Crippen molar-refractivity contribution in [1.29, 1.82) is 0 Å². The summed E-state index contributed by atoms with van der Waals surface area (Å²) in [5.74, 6) is -3.72. The van der Waals surface area contributed by atoms with Crippen LogP contribution >= 0.6 is 24.0 Å². The summed E-state index contributed by atoms with van der Waals surface area (Å²) in [6.07, 6.45) is 0. The molecule has 2 aliphatic heterocycles. The first-order valence-electron chi connectivity index (χ1n) is 7.39. The number of hydrogen-bond acceptors (Lipinski definition) is 6. The number of hydrogen-bond donors (Lipinski definition) is 2. The number of para-hydroxylation sites is 1. The Bertz CT molecular complexity index is 910. The lowest BCUT2D eigenvalue weighted by Gasteiger charge is -2.18. The Morgan fingerprint density at radius 1 is 1.19 bits per heavy atom. The zero-order valence-corrected chi connectivity index (χ0v) is 15.0. The van der Waals surface area contributed by atoms with Crippen molar-refractivity contribution in [2.75, 3.05) is 11.4 Å². The van der Waals surface area contributed by atoms with Crippen molar-refractivity contribution in [3.63, 3.8) is 0 Å². The van der Waals surface area contributed by atoms with E-state index in [1.807, 2.05) is 0 Å². The molecule has 8 nitrogen and oxygen atoms in total. The number of carbonyl (C=O) groups is 4. The highest BCUT2D eigenvalue weighted by atomic mass is 32.2. The minimum atomic E-state index is -1.22. The van der Waals surface area contributed by atoms with Gasteiger partial charge in [0, 0.05) is 5.56 Å². The monoisotopic (exact) mass is 392 g/mol. The standard InChI is InChI=1S/C16H12N2O6S2/c1-7(15(23)24)18-14(22)12(26-16(18)25)11-8-4-2-3-5-9(8)17(13(11)21)6-10(19)20/h2-5,7H,6H2,1H3,(H,19,20)(H,23,24)/b12-11-/t7-/m1/s1. The maximum Gasteiger partial charge on any atom is 0.326 e. The second-order valence-corrected chi connectivity index (χ2v) is 7.21. The molecule has 1 aromatic carbocycles. The van der Waals surface area contributed by atoms with Crippen LogP contribution in [-0.4, -0.2) is 55.8 Å². The highest BCUT2D eigenvalue weighted by Crippen LogP contribution is 2.44. The smallest absolute Gasteiger partial charge is 0.326 e. The number of carbonyl (C=O) groups excluding carboxylic acids is 2. The van der Waals surface area contributed by atoms with Gasteiger partial charge in [0.25, 0.3) is 11.8 Å². The molecule has 2 N–H and O–H groups in total. The average Bonchev–Trinajstić information content (AvgIpc) is 3.01. The third-order valence-electron chi connectivity index (χ3n) is 3.99. The molecule has 2 heterocycles. The molecule has 0 spiro atoms. The van der Waals surface area contributed by atoms with Crippen molar-refractivity contribution in [3.8, 4) is 0 Å². The van der Waals surface area contributed by atoms with Crippen molar-refractivity contribution in [3.05, 3.63) is 34.7 Å². The molecule has 2 aliphatic rings. The maximum absolute atomic E-state index is 12.8. The van der Waals surface area contributed by atoms with E-state index in [9.17, 15) is 19.2 Å². The number of thioether (sulfide) groups is 1. The fourth-order valence-electron chi connectivity index (χ4n) is 2.77. The first kappa shape index (κ1) is 18.1. The van der Waals surface area contributed by atoms with Crippen LogP contribution < -0.4 is 4.90 Å². The molecular formula is C16H12N2O6S2. The summed E-state index contributed by atoms with van der Waals surface area (Å²) < 4.78 is 0.0364. The van der Waals surface area contributed by atoms with Gasteiger partial charge >= 0.3 is 11.9 Å². The van der Waals surface area contributed by atoms with Crippen LogP contribution in [0.15, 0.2) is 29.2 Å². The van der Waals surface area contributed by atoms with Crippen molar-refractivity contribution < 1.29 is 29.4 Å². The zero-order chi connectivity index (χ0) is 19.2. The Labute approximate surface area is 157 Å². The number of carboxylic acid groups (broad SMARTS) is 2. The highest BCUT2D eigenvalue weighted by molar-refractivity contribution is 8.26. The van der Waals surface area contributed by atoms with Crippen LogP contribution in [0.4, 0.5) is 5.69 Å². The molecular weight excluding hydrogens is 380 g/mol. The van der Waals surface area contributed by atoms with Gasteiger partial charge in [-0.25, -0.2) is 4.79 Å². The summed E-state index contributed by atoms with van der Waals surface area (Å²) in [4.78, 5) is 49.9. The van der Waals surface area contributed by atoms with Gasteiger partial charge in [0.05, 0.1) is 16.2 Å². The molecule has 0 unspecified atom stereocenters. The van der Waals surface area contributed by atoms with Crippen molar-refractivity contribution in [2.24, 2.45) is 0 Å². The van der Waals surface area contributed by atoms with Crippen LogP contribution in [0.2, 0.25) is 0 Å². The quantitative estimate of drug-likeness (QED) is 0.579. The van der Waals surface area contributed by atoms with E-state index in [0.717, 1.165) is 21.6 Å². The highest BCUT2D eigenvalue weighted by Gasteiger charge is 2.44. The normalized spacial score (nSPS) is 20.6. The van der Waals surface area contributed by atoms with Gasteiger partial charge < -0.3 is 10.2 Å². The van der Waals surface area contributed by atoms with Crippen LogP contribution in [0.3, 0.4) is 0 Å². The van der Waals surface area contributed by atoms with Gasteiger partial charge in [-0.1, -0.05) is 42.2 Å². The van der Waals surface area contributed by atoms with Crippen LogP contribution in [0, 0.1) is 0 Å². The molecule has 26 heavy (non-hydrogen) atoms. The van der Waals surface area contributed by atoms with E-state index in [1.54, 1.807) is 24.3 Å². The lowest BCUT2D eigenvalue weighted by molar-refractivity contribution is -0.144. The van der Waals surface area contributed by atoms with Crippen LogP contribution in [0.1, 0.15) is 12.5 Å². The van der Waals surface area contributed by atoms with Crippen molar-refractivity contribution in [2.45, 2.75) is 13.0 Å². The zero-order valence-electron chi connectivity index (χ0n) is 13.3. The lowest BCUT2D eigenvalue weighted by atomic mass is 10.1. The van der Waals surface area contributed by atoms with Gasteiger partial charge in [0.15, 0.2) is 0 Å². The molecule has 0 bridgehead atoms. The molecule has 10 heteroatoms. The maximum atomic E-state index is 12.8. The Morgan fingerprint density at radius 3 is 2.46 bits per heavy atom. The van der Waals surface area contributed by atoms with Gasteiger partial charge in [0.1, 0.15) is 16.9 Å². The van der Waals surface area contributed by atoms with E-state index in [2.05, 4.69) is 0 Å². The topological polar surface area (TPSA) is 115 Å². The van der Waals surface area contributed by atoms with E-state index in [-0.39, 0.29) is 14.8 Å². The molecule has 1 saturated heterocycles. The van der Waals surface area contributed by atoms with E-state index < -0.39 is 36.3 Å². The van der Waals surface area contributed by atoms with E-state index in [0.29, 0.717) is 11.3 Å². The predicted molar refractivity (Wildman–Crippen MR) is 97.5 cm³/mol. The second-order valence-electron chi connectivity index (χ2n) is 5.56. The number of aliphatic carboxylic acids is 2. The SMILES string of the molecule is C[C@H](C(=O)O)N1C(=O)/C(=C2/C(=O)N(CC(=O)O)c3ccccc32)SC1=S. The largest absolute Gasteiger partial charge is 0.480 e. The van der Waals surface area contributed by atoms with Gasteiger partial charge in [-0.05, 0) is 13.0 Å². The first-order valence-corrected chi connectivity index (χ1v) is 8.62. The molecule has 0 saturated carbocycles. The Hall–Kier alpha value is -2.72. The molecule has 0 aliphatic carbocycles. The molecule has 2 amide bonds. The Kier molecular flexibility index (Phi) is 4.55. The number of amides is 2. The summed E-state index contributed by atoms with van der Waals surface area (Å²) in [6.45, 7) is 0.771. The van der Waals surface area contributed by atoms with E-state index in [4.69, 9.17) is 22.4 Å². The molecule has 1 atom stereocenters. The molecule has 0 aromatic heterocycles. The van der Waals surface area contributed by atoms with Gasteiger partial charge in [-0.2, -0.15) is 0 Å². The van der Waals surface area contributed by atoms with Crippen LogP contribution in [0.25, 0.3) is 5.57 Å². The third-order valence-corrected chi connectivity index (χ3v) is 5.39. The average molecular weight is 392 g/mol. The summed E-state index contributed by atoms with van der Waals surface area (Å²) in [7, 11) is 0. The molecule has 0 radical (unpaired) electrons. The van der Waals surface area contributed by atoms with E-state index in [1.165, 1.54) is 6.92 Å². The van der Waals surface area contributed by atoms with Gasteiger partial charge in [-0.15, -0.1) is 0 Å². The van der Waals surface area contributed by atoms with Crippen LogP contribution in [-0.2, 0) is 19.2 Å². The van der Waals surface area contributed by atoms with E-state index >= 15 is 0 Å². The number of nitrogens with zero attached hydrogens (tertiary/aromatic N) is 2. The van der Waals surface area contributed by atoms with Gasteiger partial charge in [0.2, 0.25) is 0 Å². The number of rotatable bonds is 4. The number of anilines is 1. The van der Waals surface area contributed by atoms with Gasteiger partial charge in [-0.3, -0.25) is 24.2 Å². The minimum absolute atomic E-state index is 0.00781. The summed E-state index contributed by atoms with van der Waals surface area (Å²) in [5.41, 5.74) is 0.841. The second kappa shape index (κ2) is 6.54. The number of thiocarbonyl (C=S) groups is 1.